The van der Waals surface area contributed by atoms with E-state index < -0.39 is 12.4 Å². The number of aliphatic hydroxyl groups excluding tert-OH is 2. The molecule has 2 aromatic rings. The monoisotopic (exact) mass is 301 g/mol. The third kappa shape index (κ3) is 3.22. The lowest BCUT2D eigenvalue weighted by atomic mass is 10.1. The Balaban J connectivity index is 2.51. The van der Waals surface area contributed by atoms with E-state index in [1.165, 1.54) is 6.92 Å². The molecule has 2 rings (SSSR count). The topological polar surface area (TPSA) is 151 Å². The van der Waals surface area contributed by atoms with E-state index in [9.17, 15) is 10.2 Å². The average Bonchev–Trinajstić information content (AvgIpc) is 2.47. The van der Waals surface area contributed by atoms with Gasteiger partial charge in [-0.05, 0) is 24.6 Å². The highest BCUT2D eigenvalue weighted by Crippen LogP contribution is 2.34. The zero-order chi connectivity index (χ0) is 16.3. The molecule has 0 fully saturated rings. The largest absolute Gasteiger partial charge is 0.444 e. The molecule has 1 aromatic carbocycles. The molecule has 0 aliphatic rings. The van der Waals surface area contributed by atoms with Crippen molar-refractivity contribution in [3.05, 3.63) is 29.8 Å². The van der Waals surface area contributed by atoms with Gasteiger partial charge in [-0.15, -0.1) is 0 Å². The minimum atomic E-state index is -1.49. The van der Waals surface area contributed by atoms with Crippen LogP contribution in [0.3, 0.4) is 0 Å². The SMILES string of the molecule is C[C@@H](O)[C@H](O)Oc1nc(N)nc(N)c1-c1ccc(C#N)cc1. The van der Waals surface area contributed by atoms with E-state index in [1.807, 2.05) is 6.07 Å². The Kier molecular flexibility index (Phi) is 4.41. The summed E-state index contributed by atoms with van der Waals surface area (Å²) in [5.74, 6) is -0.115. The number of anilines is 2. The second-order valence-corrected chi connectivity index (χ2v) is 4.59. The molecule has 0 spiro atoms. The molecule has 2 atom stereocenters. The Bertz CT molecular complexity index is 710. The second kappa shape index (κ2) is 6.26. The number of aromatic nitrogens is 2. The van der Waals surface area contributed by atoms with E-state index in [0.29, 0.717) is 16.7 Å². The van der Waals surface area contributed by atoms with Crippen molar-refractivity contribution in [1.82, 2.24) is 9.97 Å². The van der Waals surface area contributed by atoms with Gasteiger partial charge in [0.25, 0.3) is 0 Å². The Morgan fingerprint density at radius 2 is 1.82 bits per heavy atom. The number of aliphatic hydroxyl groups is 2. The van der Waals surface area contributed by atoms with Crippen molar-refractivity contribution >= 4 is 11.8 Å². The van der Waals surface area contributed by atoms with Crippen molar-refractivity contribution in [2.45, 2.75) is 19.3 Å². The van der Waals surface area contributed by atoms with Crippen LogP contribution in [-0.2, 0) is 0 Å². The number of hydrogen-bond donors (Lipinski definition) is 4. The lowest BCUT2D eigenvalue weighted by molar-refractivity contribution is -0.0976. The third-order valence-corrected chi connectivity index (χ3v) is 2.87. The quantitative estimate of drug-likeness (QED) is 0.587. The van der Waals surface area contributed by atoms with Crippen molar-refractivity contribution in [1.29, 1.82) is 5.26 Å². The lowest BCUT2D eigenvalue weighted by Gasteiger charge is -2.18. The molecular formula is C14H15N5O3. The van der Waals surface area contributed by atoms with Crippen LogP contribution in [-0.4, -0.2) is 32.6 Å². The van der Waals surface area contributed by atoms with Crippen LogP contribution in [0.2, 0.25) is 0 Å². The molecule has 0 amide bonds. The number of ether oxygens (including phenoxy) is 1. The number of benzene rings is 1. The number of nitrogen functional groups attached to an aromatic ring is 2. The summed E-state index contributed by atoms with van der Waals surface area (Å²) in [5, 5.41) is 27.8. The maximum atomic E-state index is 9.66. The number of nitrogens with two attached hydrogens (primary N) is 2. The number of nitriles is 1. The van der Waals surface area contributed by atoms with E-state index in [4.69, 9.17) is 21.5 Å². The van der Waals surface area contributed by atoms with E-state index >= 15 is 0 Å². The van der Waals surface area contributed by atoms with Crippen molar-refractivity contribution in [2.24, 2.45) is 0 Å². The van der Waals surface area contributed by atoms with Crippen LogP contribution in [0, 0.1) is 11.3 Å². The van der Waals surface area contributed by atoms with E-state index in [2.05, 4.69) is 9.97 Å². The number of nitrogens with zero attached hydrogens (tertiary/aromatic N) is 3. The van der Waals surface area contributed by atoms with Crippen LogP contribution in [0.1, 0.15) is 12.5 Å². The van der Waals surface area contributed by atoms with Gasteiger partial charge in [-0.3, -0.25) is 0 Å². The Morgan fingerprint density at radius 3 is 2.36 bits per heavy atom. The summed E-state index contributed by atoms with van der Waals surface area (Å²) in [7, 11) is 0. The van der Waals surface area contributed by atoms with Crippen LogP contribution in [0.5, 0.6) is 5.88 Å². The van der Waals surface area contributed by atoms with Gasteiger partial charge >= 0.3 is 0 Å². The molecule has 8 nitrogen and oxygen atoms in total. The van der Waals surface area contributed by atoms with Crippen LogP contribution >= 0.6 is 0 Å². The van der Waals surface area contributed by atoms with Gasteiger partial charge in [-0.25, -0.2) is 0 Å². The second-order valence-electron chi connectivity index (χ2n) is 4.59. The van der Waals surface area contributed by atoms with Crippen molar-refractivity contribution in [3.8, 4) is 23.1 Å². The molecule has 1 aromatic heterocycles. The minimum absolute atomic E-state index is 0.0527. The summed E-state index contributed by atoms with van der Waals surface area (Å²) in [6.45, 7) is 1.36. The molecule has 0 saturated heterocycles. The summed E-state index contributed by atoms with van der Waals surface area (Å²) < 4.78 is 5.21. The van der Waals surface area contributed by atoms with Gasteiger partial charge in [0.1, 0.15) is 11.9 Å². The Morgan fingerprint density at radius 1 is 1.18 bits per heavy atom. The van der Waals surface area contributed by atoms with Gasteiger partial charge in [0, 0.05) is 0 Å². The standard InChI is InChI=1S/C14H15N5O3/c1-7(20)13(21)22-12-10(11(16)18-14(17)19-12)9-4-2-8(6-15)3-5-9/h2-5,7,13,20-21H,1H3,(H4,16,17,18,19)/t7-,13-/m1/s1. The molecule has 1 heterocycles. The molecule has 114 valence electrons. The van der Waals surface area contributed by atoms with Crippen LogP contribution in [0.25, 0.3) is 11.1 Å². The Labute approximate surface area is 126 Å². The first-order chi connectivity index (χ1) is 10.4. The van der Waals surface area contributed by atoms with E-state index in [0.717, 1.165) is 0 Å². The van der Waals surface area contributed by atoms with Crippen LogP contribution in [0.15, 0.2) is 24.3 Å². The molecule has 0 aliphatic heterocycles. The number of rotatable bonds is 4. The molecule has 0 aliphatic carbocycles. The van der Waals surface area contributed by atoms with Crippen molar-refractivity contribution in [3.63, 3.8) is 0 Å². The fourth-order valence-corrected chi connectivity index (χ4v) is 1.75. The number of hydrogen-bond acceptors (Lipinski definition) is 8. The summed E-state index contributed by atoms with van der Waals surface area (Å²) in [5.41, 5.74) is 12.8. The molecule has 0 bridgehead atoms. The summed E-state index contributed by atoms with van der Waals surface area (Å²) >= 11 is 0. The van der Waals surface area contributed by atoms with Gasteiger partial charge in [-0.1, -0.05) is 12.1 Å². The zero-order valence-electron chi connectivity index (χ0n) is 11.8. The van der Waals surface area contributed by atoms with E-state index in [1.54, 1.807) is 24.3 Å². The normalized spacial score (nSPS) is 13.2. The van der Waals surface area contributed by atoms with Gasteiger partial charge < -0.3 is 26.4 Å². The predicted octanol–water partition coefficient (Wildman–Crippen LogP) is 0.258. The molecule has 0 saturated carbocycles. The highest BCUT2D eigenvalue weighted by molar-refractivity contribution is 5.79. The maximum Gasteiger partial charge on any atom is 0.230 e. The summed E-state index contributed by atoms with van der Waals surface area (Å²) in [4.78, 5) is 7.76. The smallest absolute Gasteiger partial charge is 0.230 e. The molecule has 22 heavy (non-hydrogen) atoms. The third-order valence-electron chi connectivity index (χ3n) is 2.87. The van der Waals surface area contributed by atoms with E-state index in [-0.39, 0.29) is 17.6 Å². The lowest BCUT2D eigenvalue weighted by Crippen LogP contribution is -2.29. The fraction of sp³-hybridized carbons (Fsp3) is 0.214. The minimum Gasteiger partial charge on any atom is -0.444 e. The Hall–Kier alpha value is -2.89. The molecule has 6 N–H and O–H groups in total. The first-order valence-corrected chi connectivity index (χ1v) is 6.38. The summed E-state index contributed by atoms with van der Waals surface area (Å²) in [6, 6.07) is 8.49. The van der Waals surface area contributed by atoms with Crippen molar-refractivity contribution in [2.75, 3.05) is 11.5 Å². The van der Waals surface area contributed by atoms with Gasteiger partial charge in [0.2, 0.25) is 18.1 Å². The van der Waals surface area contributed by atoms with Crippen LogP contribution < -0.4 is 16.2 Å². The van der Waals surface area contributed by atoms with Gasteiger partial charge in [-0.2, -0.15) is 15.2 Å². The molecule has 8 heteroatoms. The first-order valence-electron chi connectivity index (χ1n) is 6.38. The van der Waals surface area contributed by atoms with Gasteiger partial charge in [0.15, 0.2) is 0 Å². The highest BCUT2D eigenvalue weighted by Gasteiger charge is 2.20. The maximum absolute atomic E-state index is 9.66. The first kappa shape index (κ1) is 15.5. The predicted molar refractivity (Wildman–Crippen MR) is 79.3 cm³/mol. The van der Waals surface area contributed by atoms with Crippen molar-refractivity contribution < 1.29 is 14.9 Å². The fourth-order valence-electron chi connectivity index (χ4n) is 1.75. The molecular weight excluding hydrogens is 286 g/mol. The summed E-state index contributed by atoms with van der Waals surface area (Å²) in [6.07, 6.45) is -2.63. The highest BCUT2D eigenvalue weighted by atomic mass is 16.6. The van der Waals surface area contributed by atoms with Crippen LogP contribution in [0.4, 0.5) is 11.8 Å². The molecule has 0 radical (unpaired) electrons. The zero-order valence-corrected chi connectivity index (χ0v) is 11.8. The molecule has 0 unspecified atom stereocenters. The average molecular weight is 301 g/mol. The van der Waals surface area contributed by atoms with Gasteiger partial charge in [0.05, 0.1) is 17.2 Å².